The van der Waals surface area contributed by atoms with Crippen molar-refractivity contribution in [3.8, 4) is 11.5 Å². The van der Waals surface area contributed by atoms with Gasteiger partial charge in [-0.3, -0.25) is 0 Å². The minimum atomic E-state index is -4.04. The van der Waals surface area contributed by atoms with E-state index >= 15 is 0 Å². The van der Waals surface area contributed by atoms with Crippen molar-refractivity contribution in [3.05, 3.63) is 35.7 Å². The highest BCUT2D eigenvalue weighted by Crippen LogP contribution is 2.30. The lowest BCUT2D eigenvalue weighted by molar-refractivity contribution is -0.166. The van der Waals surface area contributed by atoms with Crippen LogP contribution in [-0.4, -0.2) is 21.3 Å². The van der Waals surface area contributed by atoms with Crippen molar-refractivity contribution in [3.63, 3.8) is 0 Å². The molecule has 9 heteroatoms. The fourth-order valence-corrected chi connectivity index (χ4v) is 1.39. The summed E-state index contributed by atoms with van der Waals surface area (Å²) in [7, 11) is 0. The Hall–Kier alpha value is -2.45. The number of aromatic nitrogens is 2. The molecule has 2 rings (SSSR count). The number of benzene rings is 1. The standard InChI is InChI=1S/C11H6F4N2O3/c12-7(13)9-17-16-8(20-9)5-1-3-6(4-2-5)11(14,15)10(18)19/h1-4,7H,(H,18,19). The van der Waals surface area contributed by atoms with Crippen LogP contribution in [0.1, 0.15) is 17.9 Å². The summed E-state index contributed by atoms with van der Waals surface area (Å²) in [6.07, 6.45) is -2.94. The van der Waals surface area contributed by atoms with E-state index in [1.54, 1.807) is 0 Å². The fourth-order valence-electron chi connectivity index (χ4n) is 1.39. The number of carbonyl (C=O) groups is 1. The van der Waals surface area contributed by atoms with E-state index in [9.17, 15) is 22.4 Å². The van der Waals surface area contributed by atoms with Gasteiger partial charge in [0.05, 0.1) is 0 Å². The molecule has 0 aliphatic carbocycles. The number of halogens is 4. The maximum absolute atomic E-state index is 13.2. The number of rotatable bonds is 4. The first-order chi connectivity index (χ1) is 9.32. The van der Waals surface area contributed by atoms with Gasteiger partial charge in [0, 0.05) is 11.1 Å². The zero-order valence-electron chi connectivity index (χ0n) is 9.56. The largest absolute Gasteiger partial charge is 0.477 e. The molecule has 0 saturated carbocycles. The van der Waals surface area contributed by atoms with Gasteiger partial charge in [-0.15, -0.1) is 10.2 Å². The lowest BCUT2D eigenvalue weighted by Crippen LogP contribution is -2.25. The highest BCUT2D eigenvalue weighted by molar-refractivity contribution is 5.77. The normalized spacial score (nSPS) is 11.8. The summed E-state index contributed by atoms with van der Waals surface area (Å²) >= 11 is 0. The number of nitrogens with zero attached hydrogens (tertiary/aromatic N) is 2. The first kappa shape index (κ1) is 14.0. The summed E-state index contributed by atoms with van der Waals surface area (Å²) in [5, 5.41) is 14.8. The summed E-state index contributed by atoms with van der Waals surface area (Å²) < 4.78 is 55.5. The van der Waals surface area contributed by atoms with Crippen LogP contribution in [0.5, 0.6) is 0 Å². The zero-order valence-corrected chi connectivity index (χ0v) is 9.56. The van der Waals surface area contributed by atoms with Crippen molar-refractivity contribution in [2.75, 3.05) is 0 Å². The molecule has 0 fully saturated rings. The molecule has 5 nitrogen and oxygen atoms in total. The number of carboxylic acids is 1. The molecule has 0 spiro atoms. The second-order valence-corrected chi connectivity index (χ2v) is 3.70. The Morgan fingerprint density at radius 3 is 2.25 bits per heavy atom. The van der Waals surface area contributed by atoms with Crippen LogP contribution < -0.4 is 0 Å². The van der Waals surface area contributed by atoms with Gasteiger partial charge in [0.2, 0.25) is 5.89 Å². The van der Waals surface area contributed by atoms with Gasteiger partial charge in [-0.1, -0.05) is 12.1 Å². The SMILES string of the molecule is O=C(O)C(F)(F)c1ccc(-c2nnc(C(F)F)o2)cc1. The second-order valence-electron chi connectivity index (χ2n) is 3.70. The minimum absolute atomic E-state index is 0.120. The van der Waals surface area contributed by atoms with Crippen LogP contribution >= 0.6 is 0 Å². The van der Waals surface area contributed by atoms with Gasteiger partial charge in [-0.2, -0.15) is 17.6 Å². The molecular formula is C11H6F4N2O3. The van der Waals surface area contributed by atoms with Crippen molar-refractivity contribution in [2.45, 2.75) is 12.3 Å². The zero-order chi connectivity index (χ0) is 14.9. The summed E-state index contributed by atoms with van der Waals surface area (Å²) in [6, 6.07) is 3.84. The van der Waals surface area contributed by atoms with E-state index in [0.717, 1.165) is 24.3 Å². The monoisotopic (exact) mass is 290 g/mol. The molecule has 1 heterocycles. The van der Waals surface area contributed by atoms with E-state index in [-0.39, 0.29) is 11.5 Å². The molecule has 1 N–H and O–H groups in total. The van der Waals surface area contributed by atoms with E-state index in [4.69, 9.17) is 5.11 Å². The second kappa shape index (κ2) is 4.91. The van der Waals surface area contributed by atoms with Crippen LogP contribution in [-0.2, 0) is 10.7 Å². The number of aliphatic carboxylic acids is 1. The number of hydrogen-bond acceptors (Lipinski definition) is 4. The molecule has 0 radical (unpaired) electrons. The minimum Gasteiger partial charge on any atom is -0.477 e. The van der Waals surface area contributed by atoms with Crippen LogP contribution in [0.2, 0.25) is 0 Å². The molecule has 0 unspecified atom stereocenters. The number of carboxylic acid groups (broad SMARTS) is 1. The van der Waals surface area contributed by atoms with E-state index < -0.39 is 29.8 Å². The highest BCUT2D eigenvalue weighted by atomic mass is 19.3. The molecule has 1 aromatic carbocycles. The molecule has 0 amide bonds. The molecule has 0 saturated heterocycles. The Labute approximate surface area is 108 Å². The lowest BCUT2D eigenvalue weighted by atomic mass is 10.1. The number of hydrogen-bond donors (Lipinski definition) is 1. The van der Waals surface area contributed by atoms with Crippen LogP contribution in [0.3, 0.4) is 0 Å². The molecule has 106 valence electrons. The molecule has 0 bridgehead atoms. The Morgan fingerprint density at radius 1 is 1.20 bits per heavy atom. The van der Waals surface area contributed by atoms with Crippen molar-refractivity contribution in [2.24, 2.45) is 0 Å². The quantitative estimate of drug-likeness (QED) is 0.876. The Morgan fingerprint density at radius 2 is 1.80 bits per heavy atom. The van der Waals surface area contributed by atoms with Crippen molar-refractivity contribution < 1.29 is 31.9 Å². The Bertz CT molecular complexity index is 625. The van der Waals surface area contributed by atoms with Crippen LogP contribution in [0.25, 0.3) is 11.5 Å². The molecule has 20 heavy (non-hydrogen) atoms. The predicted octanol–water partition coefficient (Wildman–Crippen LogP) is 2.85. The predicted molar refractivity (Wildman–Crippen MR) is 56.2 cm³/mol. The average molecular weight is 290 g/mol. The summed E-state index contributed by atoms with van der Waals surface area (Å²) in [5.41, 5.74) is -0.628. The first-order valence-electron chi connectivity index (χ1n) is 5.16. The summed E-state index contributed by atoms with van der Waals surface area (Å²) in [4.78, 5) is 10.4. The van der Waals surface area contributed by atoms with E-state index in [1.807, 2.05) is 0 Å². The Kier molecular flexibility index (Phi) is 3.43. The lowest BCUT2D eigenvalue weighted by Gasteiger charge is -2.11. The van der Waals surface area contributed by atoms with Gasteiger partial charge in [0.15, 0.2) is 0 Å². The third-order valence-corrected chi connectivity index (χ3v) is 2.39. The van der Waals surface area contributed by atoms with E-state index in [0.29, 0.717) is 0 Å². The summed E-state index contributed by atoms with van der Waals surface area (Å²) in [6.45, 7) is 0. The van der Waals surface area contributed by atoms with Gasteiger partial charge < -0.3 is 9.52 Å². The smallest absolute Gasteiger partial charge is 0.379 e. The van der Waals surface area contributed by atoms with Crippen molar-refractivity contribution in [1.29, 1.82) is 0 Å². The average Bonchev–Trinajstić information content (AvgIpc) is 2.88. The van der Waals surface area contributed by atoms with Gasteiger partial charge in [0.1, 0.15) is 0 Å². The van der Waals surface area contributed by atoms with Gasteiger partial charge in [-0.05, 0) is 12.1 Å². The highest BCUT2D eigenvalue weighted by Gasteiger charge is 2.40. The maximum Gasteiger partial charge on any atom is 0.379 e. The molecule has 0 aliphatic rings. The van der Waals surface area contributed by atoms with Crippen LogP contribution in [0.4, 0.5) is 17.6 Å². The van der Waals surface area contributed by atoms with Gasteiger partial charge >= 0.3 is 18.3 Å². The van der Waals surface area contributed by atoms with E-state index in [2.05, 4.69) is 14.6 Å². The van der Waals surface area contributed by atoms with E-state index in [1.165, 1.54) is 0 Å². The third-order valence-electron chi connectivity index (χ3n) is 2.39. The fraction of sp³-hybridized carbons (Fsp3) is 0.182. The van der Waals surface area contributed by atoms with Crippen LogP contribution in [0, 0.1) is 0 Å². The molecule has 1 aromatic heterocycles. The third kappa shape index (κ3) is 2.46. The molecular weight excluding hydrogens is 284 g/mol. The first-order valence-corrected chi connectivity index (χ1v) is 5.16. The summed E-state index contributed by atoms with van der Waals surface area (Å²) in [5.74, 6) is -7.49. The van der Waals surface area contributed by atoms with Crippen molar-refractivity contribution >= 4 is 5.97 Å². The molecule has 2 aromatic rings. The van der Waals surface area contributed by atoms with Crippen molar-refractivity contribution in [1.82, 2.24) is 10.2 Å². The van der Waals surface area contributed by atoms with Gasteiger partial charge in [-0.25, -0.2) is 4.79 Å². The van der Waals surface area contributed by atoms with Crippen LogP contribution in [0.15, 0.2) is 28.7 Å². The Balaban J connectivity index is 2.30. The maximum atomic E-state index is 13.2. The molecule has 0 atom stereocenters. The topological polar surface area (TPSA) is 76.2 Å². The number of alkyl halides is 4. The molecule has 0 aliphatic heterocycles. The van der Waals surface area contributed by atoms with Gasteiger partial charge in [0.25, 0.3) is 5.89 Å².